The van der Waals surface area contributed by atoms with Crippen molar-refractivity contribution in [3.8, 4) is 5.75 Å². The molecule has 0 aliphatic carbocycles. The number of carbonyl (C=O) groups excluding carboxylic acids is 1. The van der Waals surface area contributed by atoms with E-state index >= 15 is 0 Å². The maximum Gasteiger partial charge on any atom is 0.230 e. The number of anilines is 1. The molecule has 0 saturated carbocycles. The largest absolute Gasteiger partial charge is 0.491 e. The van der Waals surface area contributed by atoms with E-state index < -0.39 is 0 Å². The van der Waals surface area contributed by atoms with Gasteiger partial charge in [0.15, 0.2) is 0 Å². The molecule has 0 aliphatic rings. The molecule has 0 bridgehead atoms. The fourth-order valence-corrected chi connectivity index (χ4v) is 2.38. The van der Waals surface area contributed by atoms with Crippen LogP contribution >= 0.6 is 11.3 Å². The van der Waals surface area contributed by atoms with Crippen molar-refractivity contribution in [3.63, 3.8) is 0 Å². The van der Waals surface area contributed by atoms with Crippen LogP contribution in [0.3, 0.4) is 0 Å². The summed E-state index contributed by atoms with van der Waals surface area (Å²) in [5.41, 5.74) is 1.50. The Morgan fingerprint density at radius 3 is 2.95 bits per heavy atom. The molecule has 1 heterocycles. The van der Waals surface area contributed by atoms with E-state index in [1.165, 1.54) is 0 Å². The minimum Gasteiger partial charge on any atom is -0.491 e. The highest BCUT2D eigenvalue weighted by molar-refractivity contribution is 7.09. The number of nitrogens with one attached hydrogen (secondary N) is 1. The molecule has 21 heavy (non-hydrogen) atoms. The van der Waals surface area contributed by atoms with Crippen LogP contribution in [-0.2, 0) is 16.0 Å². The molecule has 2 aromatic rings. The number of aromatic nitrogens is 1. The third kappa shape index (κ3) is 5.17. The van der Waals surface area contributed by atoms with Crippen molar-refractivity contribution >= 4 is 22.9 Å². The van der Waals surface area contributed by atoms with Gasteiger partial charge in [0.25, 0.3) is 0 Å². The number of nitrogens with zero attached hydrogens (tertiary/aromatic N) is 1. The van der Waals surface area contributed by atoms with Gasteiger partial charge in [0, 0.05) is 24.2 Å². The molecular formula is C15H18N2O3S. The highest BCUT2D eigenvalue weighted by atomic mass is 32.1. The first-order chi connectivity index (χ1) is 10.2. The van der Waals surface area contributed by atoms with E-state index in [9.17, 15) is 4.79 Å². The quantitative estimate of drug-likeness (QED) is 0.799. The first-order valence-electron chi connectivity index (χ1n) is 6.60. The van der Waals surface area contributed by atoms with Gasteiger partial charge >= 0.3 is 0 Å². The summed E-state index contributed by atoms with van der Waals surface area (Å²) in [6.07, 6.45) is 0.277. The minimum absolute atomic E-state index is 0.0886. The SMILES string of the molecule is COCCOc1cccc(NC(=O)Cc2csc(C)n2)c1. The average Bonchev–Trinajstić information content (AvgIpc) is 2.84. The molecule has 1 N–H and O–H groups in total. The van der Waals surface area contributed by atoms with Crippen LogP contribution in [0.4, 0.5) is 5.69 Å². The number of aryl methyl sites for hydroxylation is 1. The van der Waals surface area contributed by atoms with Crippen LogP contribution in [0, 0.1) is 6.92 Å². The number of benzene rings is 1. The van der Waals surface area contributed by atoms with Gasteiger partial charge in [-0.1, -0.05) is 6.07 Å². The molecule has 0 unspecified atom stereocenters. The van der Waals surface area contributed by atoms with E-state index in [0.717, 1.165) is 10.7 Å². The van der Waals surface area contributed by atoms with Gasteiger partial charge in [-0.3, -0.25) is 4.79 Å². The molecule has 0 fully saturated rings. The number of hydrogen-bond acceptors (Lipinski definition) is 5. The monoisotopic (exact) mass is 306 g/mol. The number of thiazole rings is 1. The maximum atomic E-state index is 12.0. The molecule has 1 aromatic heterocycles. The Morgan fingerprint density at radius 1 is 1.38 bits per heavy atom. The van der Waals surface area contributed by atoms with Crippen molar-refractivity contribution in [2.24, 2.45) is 0 Å². The van der Waals surface area contributed by atoms with Crippen molar-refractivity contribution in [2.45, 2.75) is 13.3 Å². The Morgan fingerprint density at radius 2 is 2.24 bits per heavy atom. The molecule has 1 amide bonds. The van der Waals surface area contributed by atoms with Gasteiger partial charge in [-0.2, -0.15) is 0 Å². The summed E-state index contributed by atoms with van der Waals surface area (Å²) < 4.78 is 10.4. The molecule has 0 atom stereocenters. The first-order valence-corrected chi connectivity index (χ1v) is 7.48. The van der Waals surface area contributed by atoms with Crippen molar-refractivity contribution in [2.75, 3.05) is 25.6 Å². The topological polar surface area (TPSA) is 60.5 Å². The molecule has 2 rings (SSSR count). The molecule has 0 aliphatic heterocycles. The molecule has 6 heteroatoms. The predicted molar refractivity (Wildman–Crippen MR) is 83.0 cm³/mol. The van der Waals surface area contributed by atoms with E-state index in [0.29, 0.717) is 24.7 Å². The molecule has 1 aromatic carbocycles. The van der Waals surface area contributed by atoms with Gasteiger partial charge in [0.2, 0.25) is 5.91 Å². The lowest BCUT2D eigenvalue weighted by Gasteiger charge is -2.08. The first kappa shape index (κ1) is 15.5. The van der Waals surface area contributed by atoms with Crippen molar-refractivity contribution < 1.29 is 14.3 Å². The van der Waals surface area contributed by atoms with E-state index in [1.54, 1.807) is 24.5 Å². The number of carbonyl (C=O) groups is 1. The molecular weight excluding hydrogens is 288 g/mol. The third-order valence-electron chi connectivity index (χ3n) is 2.68. The van der Waals surface area contributed by atoms with Crippen LogP contribution in [0.25, 0.3) is 0 Å². The second-order valence-corrected chi connectivity index (χ2v) is 5.51. The van der Waals surface area contributed by atoms with Crippen LogP contribution in [0.1, 0.15) is 10.7 Å². The molecule has 0 saturated heterocycles. The number of hydrogen-bond donors (Lipinski definition) is 1. The average molecular weight is 306 g/mol. The van der Waals surface area contributed by atoms with Gasteiger partial charge < -0.3 is 14.8 Å². The molecule has 5 nitrogen and oxygen atoms in total. The smallest absolute Gasteiger partial charge is 0.230 e. The van der Waals surface area contributed by atoms with Crippen molar-refractivity contribution in [1.82, 2.24) is 4.98 Å². The van der Waals surface area contributed by atoms with Crippen LogP contribution in [0.5, 0.6) is 5.75 Å². The molecule has 0 radical (unpaired) electrons. The summed E-state index contributed by atoms with van der Waals surface area (Å²) in [7, 11) is 1.63. The van der Waals surface area contributed by atoms with Crippen LogP contribution in [-0.4, -0.2) is 31.2 Å². The summed E-state index contributed by atoms with van der Waals surface area (Å²) >= 11 is 1.54. The summed E-state index contributed by atoms with van der Waals surface area (Å²) in [5.74, 6) is 0.615. The lowest BCUT2D eigenvalue weighted by molar-refractivity contribution is -0.115. The summed E-state index contributed by atoms with van der Waals surface area (Å²) in [5, 5.41) is 5.71. The molecule has 112 valence electrons. The summed E-state index contributed by atoms with van der Waals surface area (Å²) in [4.78, 5) is 16.2. The Labute approximate surface area is 127 Å². The highest BCUT2D eigenvalue weighted by Crippen LogP contribution is 2.18. The van der Waals surface area contributed by atoms with Crippen LogP contribution < -0.4 is 10.1 Å². The van der Waals surface area contributed by atoms with Crippen molar-refractivity contribution in [3.05, 3.63) is 40.3 Å². The lowest BCUT2D eigenvalue weighted by atomic mass is 10.2. The second-order valence-electron chi connectivity index (χ2n) is 4.45. The fraction of sp³-hybridized carbons (Fsp3) is 0.333. The Bertz CT molecular complexity index is 598. The van der Waals surface area contributed by atoms with Gasteiger partial charge in [0.05, 0.1) is 23.7 Å². The summed E-state index contributed by atoms with van der Waals surface area (Å²) in [6, 6.07) is 7.30. The fourth-order valence-electron chi connectivity index (χ4n) is 1.77. The Balaban J connectivity index is 1.89. The van der Waals surface area contributed by atoms with E-state index in [-0.39, 0.29) is 12.3 Å². The van der Waals surface area contributed by atoms with Gasteiger partial charge in [0.1, 0.15) is 12.4 Å². The third-order valence-corrected chi connectivity index (χ3v) is 3.50. The highest BCUT2D eigenvalue weighted by Gasteiger charge is 2.07. The van der Waals surface area contributed by atoms with E-state index in [1.807, 2.05) is 30.5 Å². The zero-order valence-electron chi connectivity index (χ0n) is 12.1. The predicted octanol–water partition coefficient (Wildman–Crippen LogP) is 2.66. The lowest BCUT2D eigenvalue weighted by Crippen LogP contribution is -2.14. The minimum atomic E-state index is -0.0886. The second kappa shape index (κ2) is 7.75. The molecule has 0 spiro atoms. The number of rotatable bonds is 7. The van der Waals surface area contributed by atoms with Crippen LogP contribution in [0.15, 0.2) is 29.6 Å². The van der Waals surface area contributed by atoms with E-state index in [4.69, 9.17) is 9.47 Å². The number of methoxy groups -OCH3 is 1. The van der Waals surface area contributed by atoms with Gasteiger partial charge in [-0.15, -0.1) is 11.3 Å². The number of amides is 1. The van der Waals surface area contributed by atoms with Gasteiger partial charge in [-0.25, -0.2) is 4.98 Å². The normalized spacial score (nSPS) is 10.4. The summed E-state index contributed by atoms with van der Waals surface area (Å²) in [6.45, 7) is 2.93. The maximum absolute atomic E-state index is 12.0. The number of ether oxygens (including phenoxy) is 2. The zero-order valence-corrected chi connectivity index (χ0v) is 12.9. The van der Waals surface area contributed by atoms with Crippen LogP contribution in [0.2, 0.25) is 0 Å². The standard InChI is InChI=1S/C15H18N2O3S/c1-11-16-13(10-21-11)9-15(18)17-12-4-3-5-14(8-12)20-7-6-19-2/h3-5,8,10H,6-7,9H2,1-2H3,(H,17,18). The van der Waals surface area contributed by atoms with Gasteiger partial charge in [-0.05, 0) is 19.1 Å². The Kier molecular flexibility index (Phi) is 5.71. The van der Waals surface area contributed by atoms with E-state index in [2.05, 4.69) is 10.3 Å². The van der Waals surface area contributed by atoms with Crippen molar-refractivity contribution in [1.29, 1.82) is 0 Å². The Hall–Kier alpha value is -1.92. The zero-order chi connectivity index (χ0) is 15.1.